The summed E-state index contributed by atoms with van der Waals surface area (Å²) in [5.74, 6) is 0. The van der Waals surface area contributed by atoms with Crippen LogP contribution in [0.25, 0.3) is 0 Å². The molecule has 134 valence electrons. The van der Waals surface area contributed by atoms with E-state index in [0.717, 1.165) is 50.3 Å². The maximum absolute atomic E-state index is 11.6. The second kappa shape index (κ2) is 8.08. The van der Waals surface area contributed by atoms with Gasteiger partial charge in [-0.25, -0.2) is 8.42 Å². The average Bonchev–Trinajstić information content (AvgIpc) is 3.08. The second-order valence-electron chi connectivity index (χ2n) is 6.54. The Bertz CT molecular complexity index is 770. The fourth-order valence-electron chi connectivity index (χ4n) is 3.08. The van der Waals surface area contributed by atoms with Crippen LogP contribution in [0.1, 0.15) is 24.1 Å². The van der Waals surface area contributed by atoms with Crippen molar-refractivity contribution in [2.45, 2.75) is 36.9 Å². The van der Waals surface area contributed by atoms with Crippen molar-refractivity contribution >= 4 is 9.84 Å². The molecule has 0 radical (unpaired) electrons. The summed E-state index contributed by atoms with van der Waals surface area (Å²) in [5, 5.41) is 0. The fourth-order valence-corrected chi connectivity index (χ4v) is 3.71. The summed E-state index contributed by atoms with van der Waals surface area (Å²) >= 11 is 0. The number of benzene rings is 1. The van der Waals surface area contributed by atoms with Crippen LogP contribution in [0.3, 0.4) is 0 Å². The minimum absolute atomic E-state index is 0.263. The Labute approximate surface area is 149 Å². The third-order valence-electron chi connectivity index (χ3n) is 4.36. The number of nitrogens with zero attached hydrogens (tertiary/aromatic N) is 2. The maximum Gasteiger partial charge on any atom is 0.175 e. The topological polar surface area (TPSA) is 59.5 Å². The molecule has 1 unspecified atom stereocenters. The highest BCUT2D eigenvalue weighted by molar-refractivity contribution is 7.90. The Morgan fingerprint density at radius 1 is 1.16 bits per heavy atom. The van der Waals surface area contributed by atoms with Crippen molar-refractivity contribution in [1.82, 2.24) is 9.88 Å². The maximum atomic E-state index is 11.6. The van der Waals surface area contributed by atoms with E-state index in [1.807, 2.05) is 30.3 Å². The Morgan fingerprint density at radius 3 is 2.56 bits per heavy atom. The molecule has 25 heavy (non-hydrogen) atoms. The van der Waals surface area contributed by atoms with Crippen LogP contribution in [0.15, 0.2) is 53.6 Å². The Hall–Kier alpha value is -1.76. The highest BCUT2D eigenvalue weighted by Crippen LogP contribution is 2.18. The third-order valence-corrected chi connectivity index (χ3v) is 5.48. The van der Waals surface area contributed by atoms with Crippen molar-refractivity contribution < 1.29 is 13.2 Å². The molecule has 1 aliphatic heterocycles. The van der Waals surface area contributed by atoms with E-state index < -0.39 is 9.84 Å². The van der Waals surface area contributed by atoms with Crippen LogP contribution < -0.4 is 0 Å². The quantitative estimate of drug-likeness (QED) is 0.760. The predicted octanol–water partition coefficient (Wildman–Crippen LogP) is 2.67. The smallest absolute Gasteiger partial charge is 0.175 e. The molecule has 0 spiro atoms. The molecule has 1 aromatic heterocycles. The van der Waals surface area contributed by atoms with Gasteiger partial charge in [-0.05, 0) is 42.7 Å². The van der Waals surface area contributed by atoms with Gasteiger partial charge in [0.05, 0.1) is 16.7 Å². The number of hydrogen-bond donors (Lipinski definition) is 0. The molecule has 0 amide bonds. The summed E-state index contributed by atoms with van der Waals surface area (Å²) < 4.78 is 29.0. The predicted molar refractivity (Wildman–Crippen MR) is 96.9 cm³/mol. The molecule has 0 saturated carbocycles. The van der Waals surface area contributed by atoms with E-state index in [1.54, 1.807) is 18.3 Å². The Balaban J connectivity index is 1.71. The van der Waals surface area contributed by atoms with Gasteiger partial charge in [-0.2, -0.15) is 0 Å². The molecule has 1 aromatic carbocycles. The number of hydrogen-bond acceptors (Lipinski definition) is 5. The zero-order valence-corrected chi connectivity index (χ0v) is 15.3. The Morgan fingerprint density at radius 2 is 1.96 bits per heavy atom. The molecule has 0 N–H and O–H groups in total. The first-order valence-electron chi connectivity index (χ1n) is 8.53. The minimum Gasteiger partial charge on any atom is -0.377 e. The molecule has 0 aliphatic carbocycles. The molecule has 1 aliphatic rings. The molecule has 1 saturated heterocycles. The summed E-state index contributed by atoms with van der Waals surface area (Å²) in [6.45, 7) is 3.17. The number of pyridine rings is 1. The first kappa shape index (κ1) is 18.0. The van der Waals surface area contributed by atoms with Gasteiger partial charge >= 0.3 is 0 Å². The monoisotopic (exact) mass is 360 g/mol. The molecule has 2 heterocycles. The van der Waals surface area contributed by atoms with Gasteiger partial charge in [-0.1, -0.05) is 18.2 Å². The van der Waals surface area contributed by atoms with Crippen LogP contribution in [0.2, 0.25) is 0 Å². The second-order valence-corrected chi connectivity index (χ2v) is 8.56. The zero-order chi connectivity index (χ0) is 17.7. The molecule has 5 nitrogen and oxygen atoms in total. The van der Waals surface area contributed by atoms with Crippen LogP contribution in [-0.2, 0) is 27.7 Å². The van der Waals surface area contributed by atoms with Gasteiger partial charge in [0, 0.05) is 38.7 Å². The van der Waals surface area contributed by atoms with E-state index in [-0.39, 0.29) is 6.10 Å². The lowest BCUT2D eigenvalue weighted by Crippen LogP contribution is -2.31. The lowest BCUT2D eigenvalue weighted by molar-refractivity contribution is 0.0675. The standard InChI is InChI=1S/C19H24N2O3S/c1-25(22,23)19-9-7-16(8-10-19)13-21(15-18-6-4-12-24-18)14-17-5-2-3-11-20-17/h2-3,5,7-11,18H,4,6,12-15H2,1H3. The molecule has 3 rings (SSSR count). The van der Waals surface area contributed by atoms with Gasteiger partial charge in [0.15, 0.2) is 9.84 Å². The van der Waals surface area contributed by atoms with Crippen LogP contribution in [0.5, 0.6) is 0 Å². The van der Waals surface area contributed by atoms with Crippen molar-refractivity contribution in [1.29, 1.82) is 0 Å². The molecular formula is C19H24N2O3S. The van der Waals surface area contributed by atoms with Crippen molar-refractivity contribution in [3.8, 4) is 0 Å². The number of sulfone groups is 1. The highest BCUT2D eigenvalue weighted by atomic mass is 32.2. The molecule has 6 heteroatoms. The fraction of sp³-hybridized carbons (Fsp3) is 0.421. The van der Waals surface area contributed by atoms with E-state index in [1.165, 1.54) is 6.26 Å². The van der Waals surface area contributed by atoms with Crippen LogP contribution in [-0.4, -0.2) is 43.8 Å². The van der Waals surface area contributed by atoms with E-state index in [2.05, 4.69) is 9.88 Å². The van der Waals surface area contributed by atoms with Crippen LogP contribution >= 0.6 is 0 Å². The number of rotatable bonds is 7. The van der Waals surface area contributed by atoms with E-state index in [4.69, 9.17) is 4.74 Å². The Kier molecular flexibility index (Phi) is 5.83. The SMILES string of the molecule is CS(=O)(=O)c1ccc(CN(Cc2ccccn2)CC2CCCO2)cc1. The van der Waals surface area contributed by atoms with Gasteiger partial charge in [0.2, 0.25) is 0 Å². The van der Waals surface area contributed by atoms with Gasteiger partial charge in [-0.3, -0.25) is 9.88 Å². The largest absolute Gasteiger partial charge is 0.377 e. The summed E-state index contributed by atoms with van der Waals surface area (Å²) in [5.41, 5.74) is 2.11. The van der Waals surface area contributed by atoms with E-state index >= 15 is 0 Å². The number of ether oxygens (including phenoxy) is 1. The van der Waals surface area contributed by atoms with Gasteiger partial charge in [0.1, 0.15) is 0 Å². The van der Waals surface area contributed by atoms with Crippen molar-refractivity contribution in [3.05, 3.63) is 59.9 Å². The minimum atomic E-state index is -3.16. The molecule has 1 atom stereocenters. The normalized spacial score (nSPS) is 17.9. The van der Waals surface area contributed by atoms with Gasteiger partial charge in [-0.15, -0.1) is 0 Å². The highest BCUT2D eigenvalue weighted by Gasteiger charge is 2.20. The number of aromatic nitrogens is 1. The molecule has 2 aromatic rings. The zero-order valence-electron chi connectivity index (χ0n) is 14.5. The molecular weight excluding hydrogens is 336 g/mol. The first-order valence-corrected chi connectivity index (χ1v) is 10.4. The van der Waals surface area contributed by atoms with Crippen LogP contribution in [0.4, 0.5) is 0 Å². The summed E-state index contributed by atoms with van der Waals surface area (Å²) in [7, 11) is -3.16. The average molecular weight is 360 g/mol. The van der Waals surface area contributed by atoms with E-state index in [9.17, 15) is 8.42 Å². The summed E-state index contributed by atoms with van der Waals surface area (Å²) in [6, 6.07) is 13.1. The first-order chi connectivity index (χ1) is 12.0. The third kappa shape index (κ3) is 5.36. The lowest BCUT2D eigenvalue weighted by Gasteiger charge is -2.25. The summed E-state index contributed by atoms with van der Waals surface area (Å²) in [6.07, 6.45) is 5.50. The van der Waals surface area contributed by atoms with Crippen molar-refractivity contribution in [2.75, 3.05) is 19.4 Å². The van der Waals surface area contributed by atoms with Gasteiger partial charge < -0.3 is 4.74 Å². The van der Waals surface area contributed by atoms with Gasteiger partial charge in [0.25, 0.3) is 0 Å². The van der Waals surface area contributed by atoms with Crippen molar-refractivity contribution in [3.63, 3.8) is 0 Å². The van der Waals surface area contributed by atoms with E-state index in [0.29, 0.717) is 4.90 Å². The molecule has 0 bridgehead atoms. The lowest BCUT2D eigenvalue weighted by atomic mass is 10.1. The van der Waals surface area contributed by atoms with Crippen molar-refractivity contribution in [2.24, 2.45) is 0 Å². The molecule has 1 fully saturated rings. The van der Waals surface area contributed by atoms with Crippen LogP contribution in [0, 0.1) is 0 Å². The summed E-state index contributed by atoms with van der Waals surface area (Å²) in [4.78, 5) is 7.09.